The normalized spacial score (nSPS) is 25.6. The molecule has 0 bridgehead atoms. The summed E-state index contributed by atoms with van der Waals surface area (Å²) in [7, 11) is 2.06. The second-order valence-corrected chi connectivity index (χ2v) is 6.13. The van der Waals surface area contributed by atoms with E-state index in [1.807, 2.05) is 0 Å². The number of aliphatic carboxylic acids is 1. The largest absolute Gasteiger partial charge is 0.481 e. The number of likely N-dealkylation sites (tertiary alicyclic amines) is 1. The van der Waals surface area contributed by atoms with Crippen LogP contribution < -0.4 is 10.6 Å². The minimum absolute atomic E-state index is 0.231. The lowest BCUT2D eigenvalue weighted by atomic mass is 9.86. The first-order valence-corrected chi connectivity index (χ1v) is 7.49. The van der Waals surface area contributed by atoms with Crippen LogP contribution in [0.25, 0.3) is 0 Å². The zero-order valence-electron chi connectivity index (χ0n) is 12.2. The number of carboxylic acids is 1. The Labute approximate surface area is 119 Å². The van der Waals surface area contributed by atoms with E-state index in [9.17, 15) is 14.7 Å². The van der Waals surface area contributed by atoms with Gasteiger partial charge in [-0.2, -0.15) is 0 Å². The maximum atomic E-state index is 11.8. The van der Waals surface area contributed by atoms with E-state index in [-0.39, 0.29) is 12.6 Å². The monoisotopic (exact) mass is 283 g/mol. The first kappa shape index (κ1) is 15.1. The molecule has 1 saturated heterocycles. The molecule has 114 valence electrons. The molecule has 2 amide bonds. The maximum Gasteiger partial charge on any atom is 0.314 e. The Balaban J connectivity index is 1.73. The Bertz CT molecular complexity index is 367. The van der Waals surface area contributed by atoms with E-state index in [1.165, 1.54) is 6.42 Å². The third-order valence-corrected chi connectivity index (χ3v) is 4.77. The van der Waals surface area contributed by atoms with Gasteiger partial charge >= 0.3 is 12.0 Å². The van der Waals surface area contributed by atoms with Crippen LogP contribution in [0.5, 0.6) is 0 Å². The highest BCUT2D eigenvalue weighted by Crippen LogP contribution is 2.37. The summed E-state index contributed by atoms with van der Waals surface area (Å²) in [4.78, 5) is 25.4. The fourth-order valence-electron chi connectivity index (χ4n) is 3.28. The third kappa shape index (κ3) is 3.42. The summed E-state index contributed by atoms with van der Waals surface area (Å²) >= 11 is 0. The molecule has 0 aromatic carbocycles. The van der Waals surface area contributed by atoms with Gasteiger partial charge in [-0.3, -0.25) is 4.79 Å². The molecule has 1 heterocycles. The number of amides is 2. The fraction of sp³-hybridized carbons (Fsp3) is 0.857. The van der Waals surface area contributed by atoms with Crippen LogP contribution in [0.2, 0.25) is 0 Å². The highest BCUT2D eigenvalue weighted by Gasteiger charge is 2.41. The van der Waals surface area contributed by atoms with E-state index in [0.717, 1.165) is 25.8 Å². The van der Waals surface area contributed by atoms with Crippen molar-refractivity contribution < 1.29 is 14.7 Å². The van der Waals surface area contributed by atoms with Gasteiger partial charge in [0.1, 0.15) is 0 Å². The van der Waals surface area contributed by atoms with Crippen LogP contribution in [0.15, 0.2) is 0 Å². The average molecular weight is 283 g/mol. The quantitative estimate of drug-likeness (QED) is 0.704. The predicted molar refractivity (Wildman–Crippen MR) is 75.6 cm³/mol. The van der Waals surface area contributed by atoms with Gasteiger partial charge in [-0.05, 0) is 39.3 Å². The number of nitrogens with zero attached hydrogens (tertiary/aromatic N) is 1. The molecule has 1 atom stereocenters. The summed E-state index contributed by atoms with van der Waals surface area (Å²) in [6.07, 6.45) is 5.47. The van der Waals surface area contributed by atoms with E-state index in [4.69, 9.17) is 0 Å². The van der Waals surface area contributed by atoms with Crippen molar-refractivity contribution in [1.82, 2.24) is 15.5 Å². The smallest absolute Gasteiger partial charge is 0.314 e. The third-order valence-electron chi connectivity index (χ3n) is 4.77. The highest BCUT2D eigenvalue weighted by atomic mass is 16.4. The van der Waals surface area contributed by atoms with Gasteiger partial charge in [0, 0.05) is 19.1 Å². The summed E-state index contributed by atoms with van der Waals surface area (Å²) < 4.78 is 0. The average Bonchev–Trinajstić information content (AvgIpc) is 3.04. The molecule has 3 N–H and O–H groups in total. The first-order valence-electron chi connectivity index (χ1n) is 7.49. The van der Waals surface area contributed by atoms with Crippen LogP contribution in [-0.4, -0.2) is 54.7 Å². The molecule has 20 heavy (non-hydrogen) atoms. The van der Waals surface area contributed by atoms with Crippen LogP contribution in [-0.2, 0) is 4.79 Å². The SMILES string of the molecule is CN1CCCC1CNC(=O)NCC1(C(=O)O)CCCC1. The van der Waals surface area contributed by atoms with Crippen molar-refractivity contribution in [3.63, 3.8) is 0 Å². The summed E-state index contributed by atoms with van der Waals surface area (Å²) in [5.74, 6) is -0.786. The van der Waals surface area contributed by atoms with Crippen LogP contribution in [0, 0.1) is 5.41 Å². The molecular formula is C14H25N3O3. The summed E-state index contributed by atoms with van der Waals surface area (Å²) in [5.41, 5.74) is -0.749. The van der Waals surface area contributed by atoms with Crippen molar-refractivity contribution in [3.8, 4) is 0 Å². The number of rotatable bonds is 5. The number of likely N-dealkylation sites (N-methyl/N-ethyl adjacent to an activating group) is 1. The van der Waals surface area contributed by atoms with E-state index in [0.29, 0.717) is 25.4 Å². The zero-order chi connectivity index (χ0) is 14.6. The number of nitrogens with one attached hydrogen (secondary N) is 2. The van der Waals surface area contributed by atoms with Crippen molar-refractivity contribution in [1.29, 1.82) is 0 Å². The standard InChI is InChI=1S/C14H25N3O3/c1-17-8-4-5-11(17)9-15-13(20)16-10-14(12(18)19)6-2-3-7-14/h11H,2-10H2,1H3,(H,18,19)(H2,15,16,20). The van der Waals surface area contributed by atoms with Crippen LogP contribution in [0.1, 0.15) is 38.5 Å². The van der Waals surface area contributed by atoms with Crippen molar-refractivity contribution in [2.45, 2.75) is 44.6 Å². The number of hydrogen-bond donors (Lipinski definition) is 3. The molecular weight excluding hydrogens is 258 g/mol. The topological polar surface area (TPSA) is 81.7 Å². The Morgan fingerprint density at radius 3 is 2.50 bits per heavy atom. The molecule has 1 saturated carbocycles. The predicted octanol–water partition coefficient (Wildman–Crippen LogP) is 1.02. The Hall–Kier alpha value is -1.30. The molecule has 1 unspecified atom stereocenters. The van der Waals surface area contributed by atoms with E-state index < -0.39 is 11.4 Å². The molecule has 1 aliphatic heterocycles. The van der Waals surface area contributed by atoms with Gasteiger partial charge in [-0.15, -0.1) is 0 Å². The minimum atomic E-state index is -0.786. The number of urea groups is 1. The van der Waals surface area contributed by atoms with E-state index >= 15 is 0 Å². The number of carbonyl (C=O) groups is 2. The van der Waals surface area contributed by atoms with Crippen molar-refractivity contribution >= 4 is 12.0 Å². The highest BCUT2D eigenvalue weighted by molar-refractivity contribution is 5.78. The van der Waals surface area contributed by atoms with Gasteiger partial charge in [0.2, 0.25) is 0 Å². The molecule has 6 heteroatoms. The van der Waals surface area contributed by atoms with Crippen LogP contribution >= 0.6 is 0 Å². The molecule has 2 aliphatic rings. The lowest BCUT2D eigenvalue weighted by Crippen LogP contribution is -2.47. The van der Waals surface area contributed by atoms with Gasteiger partial charge in [-0.1, -0.05) is 12.8 Å². The summed E-state index contributed by atoms with van der Waals surface area (Å²) in [6, 6.07) is 0.151. The molecule has 6 nitrogen and oxygen atoms in total. The fourth-order valence-corrected chi connectivity index (χ4v) is 3.28. The van der Waals surface area contributed by atoms with Gasteiger partial charge in [0.15, 0.2) is 0 Å². The number of carbonyl (C=O) groups excluding carboxylic acids is 1. The van der Waals surface area contributed by atoms with E-state index in [1.54, 1.807) is 0 Å². The molecule has 0 radical (unpaired) electrons. The minimum Gasteiger partial charge on any atom is -0.481 e. The summed E-state index contributed by atoms with van der Waals surface area (Å²) in [5, 5.41) is 14.9. The van der Waals surface area contributed by atoms with Gasteiger partial charge in [0.05, 0.1) is 5.41 Å². The molecule has 2 fully saturated rings. The molecule has 0 spiro atoms. The first-order chi connectivity index (χ1) is 9.53. The number of carboxylic acid groups (broad SMARTS) is 1. The number of hydrogen-bond acceptors (Lipinski definition) is 3. The van der Waals surface area contributed by atoms with Crippen LogP contribution in [0.3, 0.4) is 0 Å². The zero-order valence-corrected chi connectivity index (χ0v) is 12.2. The van der Waals surface area contributed by atoms with Crippen molar-refractivity contribution in [2.75, 3.05) is 26.7 Å². The molecule has 0 aromatic heterocycles. The van der Waals surface area contributed by atoms with Gasteiger partial charge < -0.3 is 20.6 Å². The van der Waals surface area contributed by atoms with Crippen molar-refractivity contribution in [2.24, 2.45) is 5.41 Å². The van der Waals surface area contributed by atoms with Gasteiger partial charge in [0.25, 0.3) is 0 Å². The lowest BCUT2D eigenvalue weighted by Gasteiger charge is -2.25. The second kappa shape index (κ2) is 6.43. The Morgan fingerprint density at radius 2 is 1.95 bits per heavy atom. The maximum absolute atomic E-state index is 11.8. The Kier molecular flexibility index (Phi) is 4.86. The Morgan fingerprint density at radius 1 is 1.25 bits per heavy atom. The second-order valence-electron chi connectivity index (χ2n) is 6.13. The van der Waals surface area contributed by atoms with Gasteiger partial charge in [-0.25, -0.2) is 4.79 Å². The molecule has 0 aromatic rings. The van der Waals surface area contributed by atoms with Crippen LogP contribution in [0.4, 0.5) is 4.79 Å². The lowest BCUT2D eigenvalue weighted by molar-refractivity contribution is -0.148. The van der Waals surface area contributed by atoms with E-state index in [2.05, 4.69) is 22.6 Å². The molecule has 2 rings (SSSR count). The van der Waals surface area contributed by atoms with Crippen molar-refractivity contribution in [3.05, 3.63) is 0 Å². The molecule has 1 aliphatic carbocycles. The summed E-state index contributed by atoms with van der Waals surface area (Å²) in [6.45, 7) is 1.94.